The highest BCUT2D eigenvalue weighted by molar-refractivity contribution is 7.86. The second-order valence-electron chi connectivity index (χ2n) is 4.04. The average Bonchev–Trinajstić information content (AvgIpc) is 2.87. The predicted octanol–water partition coefficient (Wildman–Crippen LogP) is 3.66. The van der Waals surface area contributed by atoms with E-state index in [1.807, 2.05) is 0 Å². The number of nitriles is 1. The van der Waals surface area contributed by atoms with E-state index in [1.54, 1.807) is 6.07 Å². The highest BCUT2D eigenvalue weighted by atomic mass is 35.5. The molecule has 0 aliphatic rings. The normalized spacial score (nSPS) is 12.5. The zero-order valence-electron chi connectivity index (χ0n) is 10.9. The number of hydrogen-bond acceptors (Lipinski definition) is 3. The Kier molecular flexibility index (Phi) is 4.71. The van der Waals surface area contributed by atoms with Gasteiger partial charge in [0.05, 0.1) is 20.5 Å². The minimum absolute atomic E-state index is 0.0225. The van der Waals surface area contributed by atoms with Crippen LogP contribution in [0.3, 0.4) is 0 Å². The van der Waals surface area contributed by atoms with Gasteiger partial charge in [0.1, 0.15) is 11.8 Å². The van der Waals surface area contributed by atoms with Crippen LogP contribution in [0.25, 0.3) is 5.69 Å². The molecule has 0 saturated carbocycles. The van der Waals surface area contributed by atoms with Crippen LogP contribution in [0.2, 0.25) is 10.0 Å². The number of terminal acetylenes is 1. The molecule has 0 radical (unpaired) electrons. The second-order valence-corrected chi connectivity index (χ2v) is 6.33. The van der Waals surface area contributed by atoms with Crippen LogP contribution in [0.4, 0.5) is 13.2 Å². The molecule has 1 aromatic heterocycles. The maximum absolute atomic E-state index is 12.5. The molecule has 0 bridgehead atoms. The molecule has 0 aliphatic carbocycles. The van der Waals surface area contributed by atoms with E-state index in [4.69, 9.17) is 34.9 Å². The van der Waals surface area contributed by atoms with Crippen molar-refractivity contribution in [1.29, 1.82) is 5.26 Å². The molecule has 118 valence electrons. The molecular weight excluding hydrogens is 374 g/mol. The van der Waals surface area contributed by atoms with Crippen LogP contribution in [0, 0.1) is 23.7 Å². The Hall–Kier alpha value is -2.00. The molecule has 0 spiro atoms. The molecule has 1 aromatic carbocycles. The van der Waals surface area contributed by atoms with E-state index in [-0.39, 0.29) is 27.0 Å². The van der Waals surface area contributed by atoms with E-state index in [0.717, 1.165) is 16.8 Å². The van der Waals surface area contributed by atoms with E-state index in [1.165, 1.54) is 6.20 Å². The fraction of sp³-hybridized carbons (Fsp3) is 0.0769. The Morgan fingerprint density at radius 3 is 2.26 bits per heavy atom. The lowest BCUT2D eigenvalue weighted by atomic mass is 10.3. The van der Waals surface area contributed by atoms with Gasteiger partial charge in [-0.3, -0.25) is 0 Å². The highest BCUT2D eigenvalue weighted by Crippen LogP contribution is 2.35. The number of halogens is 5. The third-order valence-corrected chi connectivity index (χ3v) is 4.28. The Bertz CT molecular complexity index is 839. The van der Waals surface area contributed by atoms with Crippen molar-refractivity contribution in [2.75, 3.05) is 0 Å². The number of aromatic nitrogens is 2. The van der Waals surface area contributed by atoms with E-state index in [9.17, 15) is 17.4 Å². The number of nitrogens with zero attached hydrogens (tertiary/aromatic N) is 3. The van der Waals surface area contributed by atoms with E-state index in [0.29, 0.717) is 0 Å². The molecule has 0 aliphatic heterocycles. The molecule has 23 heavy (non-hydrogen) atoms. The van der Waals surface area contributed by atoms with Gasteiger partial charge in [-0.2, -0.15) is 23.5 Å². The van der Waals surface area contributed by atoms with Crippen LogP contribution in [0.1, 0.15) is 11.3 Å². The SMILES string of the molecule is C#Cc1cn(-c2c(Cl)cc(S(=O)C(F)(F)F)cc2Cl)nc1C#N. The van der Waals surface area contributed by atoms with Crippen molar-refractivity contribution in [2.45, 2.75) is 10.4 Å². The molecule has 0 fully saturated rings. The minimum atomic E-state index is -4.94. The lowest BCUT2D eigenvalue weighted by Crippen LogP contribution is -2.16. The van der Waals surface area contributed by atoms with Crippen molar-refractivity contribution in [3.05, 3.63) is 39.6 Å². The summed E-state index contributed by atoms with van der Waals surface area (Å²) in [6.45, 7) is 0. The van der Waals surface area contributed by atoms with Crippen molar-refractivity contribution in [2.24, 2.45) is 0 Å². The van der Waals surface area contributed by atoms with Gasteiger partial charge in [-0.25, -0.2) is 8.89 Å². The average molecular weight is 378 g/mol. The first kappa shape index (κ1) is 17.4. The smallest absolute Gasteiger partial charge is 0.245 e. The molecular formula is C13H4Cl2F3N3OS. The van der Waals surface area contributed by atoms with E-state index >= 15 is 0 Å². The zero-order chi connectivity index (χ0) is 17.4. The van der Waals surface area contributed by atoms with Gasteiger partial charge in [0.15, 0.2) is 16.5 Å². The molecule has 0 saturated heterocycles. The Balaban J connectivity index is 2.59. The zero-order valence-corrected chi connectivity index (χ0v) is 13.2. The molecule has 0 amide bonds. The first-order valence-corrected chi connectivity index (χ1v) is 7.54. The summed E-state index contributed by atoms with van der Waals surface area (Å²) >= 11 is 11.9. The van der Waals surface area contributed by atoms with Gasteiger partial charge in [-0.05, 0) is 12.1 Å². The van der Waals surface area contributed by atoms with Gasteiger partial charge in [0.25, 0.3) is 0 Å². The van der Waals surface area contributed by atoms with E-state index < -0.39 is 21.2 Å². The monoisotopic (exact) mass is 377 g/mol. The lowest BCUT2D eigenvalue weighted by molar-refractivity contribution is -0.0384. The van der Waals surface area contributed by atoms with Crippen LogP contribution in [-0.4, -0.2) is 19.5 Å². The summed E-state index contributed by atoms with van der Waals surface area (Å²) < 4.78 is 50.0. The standard InChI is InChI=1S/C13H4Cl2F3N3OS/c1-2-7-6-21(20-11(7)5-19)12-9(14)3-8(4-10(12)15)23(22)13(16,17)18/h1,3-4,6H. The van der Waals surface area contributed by atoms with Crippen LogP contribution in [0.5, 0.6) is 0 Å². The summed E-state index contributed by atoms with van der Waals surface area (Å²) in [6, 6.07) is 3.51. The van der Waals surface area contributed by atoms with E-state index in [2.05, 4.69) is 11.0 Å². The number of hydrogen-bond donors (Lipinski definition) is 0. The fourth-order valence-electron chi connectivity index (χ4n) is 1.68. The summed E-state index contributed by atoms with van der Waals surface area (Å²) in [5, 5.41) is 12.3. The van der Waals surface area contributed by atoms with Crippen molar-refractivity contribution >= 4 is 34.0 Å². The highest BCUT2D eigenvalue weighted by Gasteiger charge is 2.38. The summed E-state index contributed by atoms with van der Waals surface area (Å²) in [7, 11) is -3.27. The van der Waals surface area contributed by atoms with Crippen LogP contribution >= 0.6 is 23.2 Å². The van der Waals surface area contributed by atoms with Crippen molar-refractivity contribution in [1.82, 2.24) is 9.78 Å². The second kappa shape index (κ2) is 6.25. The summed E-state index contributed by atoms with van der Waals surface area (Å²) in [5.74, 6) is 2.24. The molecule has 2 aromatic rings. The van der Waals surface area contributed by atoms with Crippen LogP contribution in [-0.2, 0) is 10.8 Å². The Morgan fingerprint density at radius 1 is 1.30 bits per heavy atom. The third kappa shape index (κ3) is 3.35. The number of alkyl halides is 3. The van der Waals surface area contributed by atoms with Gasteiger partial charge < -0.3 is 0 Å². The molecule has 1 heterocycles. The van der Waals surface area contributed by atoms with Gasteiger partial charge in [0, 0.05) is 6.20 Å². The van der Waals surface area contributed by atoms with Crippen LogP contribution < -0.4 is 0 Å². The minimum Gasteiger partial charge on any atom is -0.245 e. The van der Waals surface area contributed by atoms with Gasteiger partial charge in [-0.1, -0.05) is 29.1 Å². The quantitative estimate of drug-likeness (QED) is 0.750. The molecule has 1 atom stereocenters. The first-order valence-electron chi connectivity index (χ1n) is 5.63. The lowest BCUT2D eigenvalue weighted by Gasteiger charge is -2.11. The largest absolute Gasteiger partial charge is 0.475 e. The van der Waals surface area contributed by atoms with Crippen molar-refractivity contribution in [3.8, 4) is 24.1 Å². The third-order valence-electron chi connectivity index (χ3n) is 2.62. The summed E-state index contributed by atoms with van der Waals surface area (Å²) in [4.78, 5) is -0.596. The van der Waals surface area contributed by atoms with Crippen molar-refractivity contribution < 1.29 is 17.4 Å². The van der Waals surface area contributed by atoms with Gasteiger partial charge >= 0.3 is 5.51 Å². The Morgan fingerprint density at radius 2 is 1.87 bits per heavy atom. The topological polar surface area (TPSA) is 58.7 Å². The van der Waals surface area contributed by atoms with Crippen LogP contribution in [0.15, 0.2) is 23.2 Å². The molecule has 2 rings (SSSR count). The maximum Gasteiger partial charge on any atom is 0.475 e. The summed E-state index contributed by atoms with van der Waals surface area (Å²) in [6.07, 6.45) is 6.50. The maximum atomic E-state index is 12.5. The summed E-state index contributed by atoms with van der Waals surface area (Å²) in [5.41, 5.74) is -4.82. The first-order chi connectivity index (χ1) is 10.7. The molecule has 1 unspecified atom stereocenters. The molecule has 0 N–H and O–H groups in total. The van der Waals surface area contributed by atoms with Gasteiger partial charge in [-0.15, -0.1) is 6.42 Å². The predicted molar refractivity (Wildman–Crippen MR) is 78.7 cm³/mol. The Labute approximate surface area is 140 Å². The van der Waals surface area contributed by atoms with Gasteiger partial charge in [0.2, 0.25) is 0 Å². The fourth-order valence-corrected chi connectivity index (χ4v) is 3.19. The van der Waals surface area contributed by atoms with Crippen molar-refractivity contribution in [3.63, 3.8) is 0 Å². The molecule has 4 nitrogen and oxygen atoms in total. The molecule has 10 heteroatoms. The number of benzene rings is 1. The number of rotatable bonds is 2.